The highest BCUT2D eigenvalue weighted by Crippen LogP contribution is 2.37. The van der Waals surface area contributed by atoms with E-state index in [1.165, 1.54) is 6.07 Å². The van der Waals surface area contributed by atoms with Crippen molar-refractivity contribution in [1.29, 1.82) is 0 Å². The smallest absolute Gasteiger partial charge is 0.165 e. The summed E-state index contributed by atoms with van der Waals surface area (Å²) in [7, 11) is 0. The van der Waals surface area contributed by atoms with E-state index in [2.05, 4.69) is 5.32 Å². The molecule has 2 aromatic rings. The molecule has 2 nitrogen and oxygen atoms in total. The van der Waals surface area contributed by atoms with Gasteiger partial charge in [0.25, 0.3) is 0 Å². The molecule has 2 aromatic carbocycles. The molecule has 0 aromatic heterocycles. The van der Waals surface area contributed by atoms with Crippen LogP contribution in [0.15, 0.2) is 36.4 Å². The van der Waals surface area contributed by atoms with Gasteiger partial charge in [0.1, 0.15) is 11.9 Å². The Bertz CT molecular complexity index is 628. The Labute approximate surface area is 110 Å². The summed E-state index contributed by atoms with van der Waals surface area (Å²) in [6, 6.07) is 9.89. The van der Waals surface area contributed by atoms with Gasteiger partial charge in [-0.2, -0.15) is 0 Å². The van der Waals surface area contributed by atoms with Crippen molar-refractivity contribution in [2.24, 2.45) is 0 Å². The minimum Gasteiger partial charge on any atom is -0.481 e. The normalized spacial score (nSPS) is 17.3. The van der Waals surface area contributed by atoms with Crippen LogP contribution in [0.5, 0.6) is 5.75 Å². The van der Waals surface area contributed by atoms with Crippen LogP contribution in [0.1, 0.15) is 17.2 Å². The molecule has 0 aliphatic carbocycles. The molecule has 1 heterocycles. The van der Waals surface area contributed by atoms with Crippen LogP contribution < -0.4 is 10.1 Å². The molecule has 0 amide bonds. The molecule has 3 rings (SSSR count). The number of para-hydroxylation sites is 1. The second-order valence-electron chi connectivity index (χ2n) is 4.58. The number of halogens is 2. The number of aryl methyl sites for hydroxylation is 1. The lowest BCUT2D eigenvalue weighted by molar-refractivity contribution is 0.202. The van der Waals surface area contributed by atoms with E-state index in [1.54, 1.807) is 6.07 Å². The van der Waals surface area contributed by atoms with Crippen LogP contribution in [0, 0.1) is 18.6 Å². The quantitative estimate of drug-likeness (QED) is 0.842. The van der Waals surface area contributed by atoms with Crippen molar-refractivity contribution in [3.05, 3.63) is 59.2 Å². The second kappa shape index (κ2) is 4.53. The monoisotopic (exact) mass is 261 g/mol. The van der Waals surface area contributed by atoms with Crippen molar-refractivity contribution in [2.45, 2.75) is 13.0 Å². The average Bonchev–Trinajstić information content (AvgIpc) is 2.42. The molecule has 98 valence electrons. The fourth-order valence-corrected chi connectivity index (χ4v) is 2.28. The van der Waals surface area contributed by atoms with Gasteiger partial charge in [-0.1, -0.05) is 24.3 Å². The van der Waals surface area contributed by atoms with Gasteiger partial charge >= 0.3 is 0 Å². The SMILES string of the molecule is Cc1cccc2c1OC(c1cccc(F)c1F)CN2. The van der Waals surface area contributed by atoms with E-state index in [0.717, 1.165) is 17.3 Å². The lowest BCUT2D eigenvalue weighted by Crippen LogP contribution is -2.25. The van der Waals surface area contributed by atoms with Gasteiger partial charge in [0.05, 0.1) is 12.2 Å². The minimum atomic E-state index is -0.850. The van der Waals surface area contributed by atoms with E-state index in [1.807, 2.05) is 25.1 Å². The van der Waals surface area contributed by atoms with Crippen LogP contribution in [0.4, 0.5) is 14.5 Å². The lowest BCUT2D eigenvalue weighted by atomic mass is 10.1. The van der Waals surface area contributed by atoms with Crippen LogP contribution in [0.25, 0.3) is 0 Å². The second-order valence-corrected chi connectivity index (χ2v) is 4.58. The third-order valence-electron chi connectivity index (χ3n) is 3.28. The van der Waals surface area contributed by atoms with Crippen molar-refractivity contribution in [2.75, 3.05) is 11.9 Å². The summed E-state index contributed by atoms with van der Waals surface area (Å²) in [4.78, 5) is 0. The Morgan fingerprint density at radius 2 is 1.95 bits per heavy atom. The molecule has 1 unspecified atom stereocenters. The summed E-state index contributed by atoms with van der Waals surface area (Å²) in [6.07, 6.45) is -0.524. The van der Waals surface area contributed by atoms with Crippen molar-refractivity contribution < 1.29 is 13.5 Å². The van der Waals surface area contributed by atoms with Crippen LogP contribution >= 0.6 is 0 Å². The topological polar surface area (TPSA) is 21.3 Å². The molecule has 0 saturated heterocycles. The molecule has 0 spiro atoms. The first-order valence-corrected chi connectivity index (χ1v) is 6.11. The first-order chi connectivity index (χ1) is 9.16. The van der Waals surface area contributed by atoms with E-state index in [0.29, 0.717) is 12.3 Å². The fourth-order valence-electron chi connectivity index (χ4n) is 2.28. The highest BCUT2D eigenvalue weighted by Gasteiger charge is 2.25. The molecule has 4 heteroatoms. The van der Waals surface area contributed by atoms with Crippen molar-refractivity contribution in [3.8, 4) is 5.75 Å². The molecule has 1 atom stereocenters. The van der Waals surface area contributed by atoms with E-state index in [4.69, 9.17) is 4.74 Å². The molecule has 1 N–H and O–H groups in total. The van der Waals surface area contributed by atoms with Gasteiger partial charge < -0.3 is 10.1 Å². The van der Waals surface area contributed by atoms with E-state index in [-0.39, 0.29) is 5.56 Å². The molecular weight excluding hydrogens is 248 g/mol. The summed E-state index contributed by atoms with van der Waals surface area (Å²) in [5.74, 6) is -0.995. The zero-order valence-corrected chi connectivity index (χ0v) is 10.4. The summed E-state index contributed by atoms with van der Waals surface area (Å²) in [6.45, 7) is 2.33. The Kier molecular flexibility index (Phi) is 2.85. The van der Waals surface area contributed by atoms with Crippen molar-refractivity contribution in [3.63, 3.8) is 0 Å². The number of anilines is 1. The maximum atomic E-state index is 13.8. The number of hydrogen-bond donors (Lipinski definition) is 1. The largest absolute Gasteiger partial charge is 0.481 e. The number of rotatable bonds is 1. The summed E-state index contributed by atoms with van der Waals surface area (Å²) in [5, 5.41) is 3.18. The molecule has 0 radical (unpaired) electrons. The van der Waals surface area contributed by atoms with E-state index < -0.39 is 17.7 Å². The van der Waals surface area contributed by atoms with Gasteiger partial charge in [0.15, 0.2) is 11.6 Å². The molecular formula is C15H13F2NO. The minimum absolute atomic E-state index is 0.237. The fraction of sp³-hybridized carbons (Fsp3) is 0.200. The molecule has 19 heavy (non-hydrogen) atoms. The highest BCUT2D eigenvalue weighted by atomic mass is 19.2. The van der Waals surface area contributed by atoms with Gasteiger partial charge in [0.2, 0.25) is 0 Å². The number of benzene rings is 2. The summed E-state index contributed by atoms with van der Waals surface area (Å²) in [5.41, 5.74) is 2.08. The predicted octanol–water partition coefficient (Wildman–Crippen LogP) is 3.82. The first kappa shape index (κ1) is 12.0. The third kappa shape index (κ3) is 2.03. The number of fused-ring (bicyclic) bond motifs is 1. The van der Waals surface area contributed by atoms with Crippen LogP contribution in [0.2, 0.25) is 0 Å². The molecule has 0 fully saturated rings. The number of hydrogen-bond acceptors (Lipinski definition) is 2. The number of nitrogens with one attached hydrogen (secondary N) is 1. The summed E-state index contributed by atoms with van der Waals surface area (Å²) < 4.78 is 32.9. The third-order valence-corrected chi connectivity index (χ3v) is 3.28. The molecule has 1 aliphatic rings. The lowest BCUT2D eigenvalue weighted by Gasteiger charge is -2.29. The zero-order valence-electron chi connectivity index (χ0n) is 10.4. The van der Waals surface area contributed by atoms with Crippen LogP contribution in [-0.2, 0) is 0 Å². The van der Waals surface area contributed by atoms with Crippen LogP contribution in [-0.4, -0.2) is 6.54 Å². The standard InChI is InChI=1S/C15H13F2NO/c1-9-4-2-7-12-15(9)19-13(8-18-12)10-5-3-6-11(16)14(10)17/h2-7,13,18H,8H2,1H3. The Morgan fingerprint density at radius 3 is 2.79 bits per heavy atom. The maximum Gasteiger partial charge on any atom is 0.165 e. The molecule has 1 aliphatic heterocycles. The Hall–Kier alpha value is -2.10. The maximum absolute atomic E-state index is 13.8. The molecule has 0 saturated carbocycles. The highest BCUT2D eigenvalue weighted by molar-refractivity contribution is 5.61. The van der Waals surface area contributed by atoms with Crippen LogP contribution in [0.3, 0.4) is 0 Å². The van der Waals surface area contributed by atoms with Gasteiger partial charge in [-0.05, 0) is 24.6 Å². The summed E-state index contributed by atoms with van der Waals surface area (Å²) >= 11 is 0. The van der Waals surface area contributed by atoms with E-state index in [9.17, 15) is 8.78 Å². The molecule has 0 bridgehead atoms. The van der Waals surface area contributed by atoms with Crippen molar-refractivity contribution in [1.82, 2.24) is 0 Å². The Morgan fingerprint density at radius 1 is 1.16 bits per heavy atom. The predicted molar refractivity (Wildman–Crippen MR) is 69.4 cm³/mol. The number of ether oxygens (including phenoxy) is 1. The Balaban J connectivity index is 1.98. The van der Waals surface area contributed by atoms with Crippen molar-refractivity contribution >= 4 is 5.69 Å². The van der Waals surface area contributed by atoms with Gasteiger partial charge in [-0.25, -0.2) is 8.78 Å². The van der Waals surface area contributed by atoms with Gasteiger partial charge in [-0.15, -0.1) is 0 Å². The van der Waals surface area contributed by atoms with Gasteiger partial charge in [-0.3, -0.25) is 0 Å². The first-order valence-electron chi connectivity index (χ1n) is 6.11. The average molecular weight is 261 g/mol. The van der Waals surface area contributed by atoms with E-state index >= 15 is 0 Å². The zero-order chi connectivity index (χ0) is 13.4. The van der Waals surface area contributed by atoms with Gasteiger partial charge in [0, 0.05) is 5.56 Å².